The van der Waals surface area contributed by atoms with Crippen LogP contribution in [-0.4, -0.2) is 17.9 Å². The van der Waals surface area contributed by atoms with Gasteiger partial charge in [0.1, 0.15) is 11.9 Å². The molecule has 3 heteroatoms. The van der Waals surface area contributed by atoms with Crippen LogP contribution < -0.4 is 0 Å². The monoisotopic (exact) mass is 456 g/mol. The first-order valence-electron chi connectivity index (χ1n) is 14.5. The van der Waals surface area contributed by atoms with Crippen molar-refractivity contribution in [2.45, 2.75) is 130 Å². The molecule has 0 spiro atoms. The standard InChI is InChI=1S/C30H48O3/c1-20-17-23(31)19-22-11-12-24-25-13-14-27(29(25,2)16-15-26(24)30(20,22)3)33-28(32)18-21-9-7-5-4-6-8-10-21/h20-22,24-27H,4-19H2,1-3H3/t20-,22-,24-,25-,26-,27-,29-,30-/m0/s1. The van der Waals surface area contributed by atoms with E-state index in [9.17, 15) is 9.59 Å². The van der Waals surface area contributed by atoms with Crippen LogP contribution in [0.1, 0.15) is 124 Å². The van der Waals surface area contributed by atoms with Crippen molar-refractivity contribution in [2.24, 2.45) is 46.3 Å². The molecule has 0 aromatic heterocycles. The van der Waals surface area contributed by atoms with E-state index in [2.05, 4.69) is 20.8 Å². The summed E-state index contributed by atoms with van der Waals surface area (Å²) < 4.78 is 6.32. The highest BCUT2D eigenvalue weighted by molar-refractivity contribution is 5.80. The summed E-state index contributed by atoms with van der Waals surface area (Å²) in [4.78, 5) is 25.4. The van der Waals surface area contributed by atoms with E-state index in [1.54, 1.807) is 0 Å². The number of carbonyl (C=O) groups excluding carboxylic acids is 2. The second-order valence-electron chi connectivity index (χ2n) is 13.4. The van der Waals surface area contributed by atoms with Crippen molar-refractivity contribution >= 4 is 11.8 Å². The highest BCUT2D eigenvalue weighted by atomic mass is 16.5. The van der Waals surface area contributed by atoms with Crippen LogP contribution in [0.3, 0.4) is 0 Å². The molecular formula is C30H48O3. The number of ketones is 1. The molecule has 0 heterocycles. The van der Waals surface area contributed by atoms with E-state index in [4.69, 9.17) is 4.74 Å². The van der Waals surface area contributed by atoms with Gasteiger partial charge in [-0.25, -0.2) is 0 Å². The number of hydrogen-bond donors (Lipinski definition) is 0. The molecule has 0 N–H and O–H groups in total. The fraction of sp³-hybridized carbons (Fsp3) is 0.933. The van der Waals surface area contributed by atoms with Crippen LogP contribution in [0.4, 0.5) is 0 Å². The summed E-state index contributed by atoms with van der Waals surface area (Å²) in [6.07, 6.45) is 18.7. The van der Waals surface area contributed by atoms with E-state index >= 15 is 0 Å². The lowest BCUT2D eigenvalue weighted by atomic mass is 9.43. The highest BCUT2D eigenvalue weighted by Crippen LogP contribution is 2.67. The van der Waals surface area contributed by atoms with Crippen molar-refractivity contribution in [2.75, 3.05) is 0 Å². The van der Waals surface area contributed by atoms with E-state index in [0.29, 0.717) is 41.3 Å². The van der Waals surface area contributed by atoms with Crippen molar-refractivity contribution in [1.82, 2.24) is 0 Å². The Morgan fingerprint density at radius 2 is 1.61 bits per heavy atom. The number of hydrogen-bond acceptors (Lipinski definition) is 3. The van der Waals surface area contributed by atoms with Crippen LogP contribution in [0.25, 0.3) is 0 Å². The van der Waals surface area contributed by atoms with Gasteiger partial charge in [0.15, 0.2) is 0 Å². The van der Waals surface area contributed by atoms with Gasteiger partial charge in [-0.3, -0.25) is 9.59 Å². The summed E-state index contributed by atoms with van der Waals surface area (Å²) in [5.74, 6) is 4.45. The third kappa shape index (κ3) is 4.22. The molecular weight excluding hydrogens is 408 g/mol. The topological polar surface area (TPSA) is 43.4 Å². The molecule has 33 heavy (non-hydrogen) atoms. The van der Waals surface area contributed by atoms with Crippen molar-refractivity contribution in [3.05, 3.63) is 0 Å². The average Bonchev–Trinajstić information content (AvgIpc) is 3.07. The zero-order valence-electron chi connectivity index (χ0n) is 21.6. The predicted octanol–water partition coefficient (Wildman–Crippen LogP) is 7.51. The molecule has 8 atom stereocenters. The lowest BCUT2D eigenvalue weighted by Crippen LogP contribution is -2.56. The van der Waals surface area contributed by atoms with Crippen LogP contribution in [0, 0.1) is 46.3 Å². The van der Waals surface area contributed by atoms with Crippen molar-refractivity contribution < 1.29 is 14.3 Å². The maximum atomic E-state index is 13.0. The highest BCUT2D eigenvalue weighted by Gasteiger charge is 2.62. The molecule has 0 bridgehead atoms. The van der Waals surface area contributed by atoms with E-state index in [0.717, 1.165) is 31.1 Å². The fourth-order valence-corrected chi connectivity index (χ4v) is 9.81. The van der Waals surface area contributed by atoms with Crippen LogP contribution in [0.2, 0.25) is 0 Å². The Morgan fingerprint density at radius 1 is 0.879 bits per heavy atom. The molecule has 0 aromatic carbocycles. The summed E-state index contributed by atoms with van der Waals surface area (Å²) in [7, 11) is 0. The Balaban J connectivity index is 1.25. The lowest BCUT2D eigenvalue weighted by Gasteiger charge is -2.62. The van der Waals surface area contributed by atoms with Gasteiger partial charge in [-0.05, 0) is 92.3 Å². The molecule has 5 aliphatic rings. The minimum Gasteiger partial charge on any atom is -0.462 e. The Hall–Kier alpha value is -0.860. The first-order chi connectivity index (χ1) is 15.8. The third-order valence-corrected chi connectivity index (χ3v) is 11.9. The SMILES string of the molecule is C[C@H]1CC(=O)C[C@@H]2CC[C@H]3[C@@H]4CC[C@H](OC(=O)CC5CCCCCCC5)[C@@]4(C)CC[C@@H]3[C@]21C. The van der Waals surface area contributed by atoms with E-state index in [-0.39, 0.29) is 17.5 Å². The van der Waals surface area contributed by atoms with E-state index < -0.39 is 0 Å². The molecule has 0 unspecified atom stereocenters. The van der Waals surface area contributed by atoms with Gasteiger partial charge >= 0.3 is 5.97 Å². The maximum absolute atomic E-state index is 13.0. The summed E-state index contributed by atoms with van der Waals surface area (Å²) in [6.45, 7) is 7.35. The van der Waals surface area contributed by atoms with Crippen molar-refractivity contribution in [1.29, 1.82) is 0 Å². The van der Waals surface area contributed by atoms with Gasteiger partial charge in [0.25, 0.3) is 0 Å². The van der Waals surface area contributed by atoms with Crippen LogP contribution in [-0.2, 0) is 14.3 Å². The normalized spacial score (nSPS) is 46.5. The number of Topliss-reactive ketones (excluding diaryl/α,β-unsaturated/α-hetero) is 1. The smallest absolute Gasteiger partial charge is 0.306 e. The van der Waals surface area contributed by atoms with Gasteiger partial charge in [-0.2, -0.15) is 0 Å². The summed E-state index contributed by atoms with van der Waals surface area (Å²) in [5.41, 5.74) is 0.486. The minimum absolute atomic E-state index is 0.0876. The Kier molecular flexibility index (Phi) is 6.73. The summed E-state index contributed by atoms with van der Waals surface area (Å²) in [5, 5.41) is 0. The largest absolute Gasteiger partial charge is 0.462 e. The van der Waals surface area contributed by atoms with Gasteiger partial charge in [-0.1, -0.05) is 52.9 Å². The quantitative estimate of drug-likeness (QED) is 0.413. The first kappa shape index (κ1) is 23.9. The molecule has 0 aromatic rings. The average molecular weight is 457 g/mol. The van der Waals surface area contributed by atoms with Gasteiger partial charge in [0.05, 0.1) is 0 Å². The summed E-state index contributed by atoms with van der Waals surface area (Å²) >= 11 is 0. The van der Waals surface area contributed by atoms with E-state index in [1.807, 2.05) is 0 Å². The Bertz CT molecular complexity index is 737. The molecule has 0 saturated heterocycles. The molecule has 5 saturated carbocycles. The van der Waals surface area contributed by atoms with E-state index in [1.165, 1.54) is 77.0 Å². The third-order valence-electron chi connectivity index (χ3n) is 11.9. The number of carbonyl (C=O) groups is 2. The second kappa shape index (κ2) is 9.30. The fourth-order valence-electron chi connectivity index (χ4n) is 9.81. The van der Waals surface area contributed by atoms with Crippen molar-refractivity contribution in [3.63, 3.8) is 0 Å². The van der Waals surface area contributed by atoms with Crippen LogP contribution >= 0.6 is 0 Å². The molecule has 5 aliphatic carbocycles. The Labute approximate surface area is 202 Å². The molecule has 0 amide bonds. The maximum Gasteiger partial charge on any atom is 0.306 e. The number of fused-ring (bicyclic) bond motifs is 5. The van der Waals surface area contributed by atoms with Crippen LogP contribution in [0.5, 0.6) is 0 Å². The predicted molar refractivity (Wildman–Crippen MR) is 132 cm³/mol. The van der Waals surface area contributed by atoms with Gasteiger partial charge in [0.2, 0.25) is 0 Å². The van der Waals surface area contributed by atoms with Gasteiger partial charge in [0, 0.05) is 24.7 Å². The molecule has 5 fully saturated rings. The first-order valence-corrected chi connectivity index (χ1v) is 14.5. The molecule has 0 aliphatic heterocycles. The molecule has 5 rings (SSSR count). The molecule has 3 nitrogen and oxygen atoms in total. The van der Waals surface area contributed by atoms with Crippen LogP contribution in [0.15, 0.2) is 0 Å². The van der Waals surface area contributed by atoms with Gasteiger partial charge < -0.3 is 4.74 Å². The number of rotatable bonds is 3. The second-order valence-corrected chi connectivity index (χ2v) is 13.4. The molecule has 0 radical (unpaired) electrons. The minimum atomic E-state index is 0.0876. The zero-order valence-corrected chi connectivity index (χ0v) is 21.6. The number of ether oxygens (including phenoxy) is 1. The lowest BCUT2D eigenvalue weighted by molar-refractivity contribution is -0.169. The summed E-state index contributed by atoms with van der Waals surface area (Å²) in [6, 6.07) is 0. The van der Waals surface area contributed by atoms with Crippen molar-refractivity contribution in [3.8, 4) is 0 Å². The molecule has 186 valence electrons. The zero-order chi connectivity index (χ0) is 23.2. The Morgan fingerprint density at radius 3 is 2.36 bits per heavy atom. The van der Waals surface area contributed by atoms with Gasteiger partial charge in [-0.15, -0.1) is 0 Å². The number of esters is 1.